The number of hydrogen-bond donors (Lipinski definition) is 1. The van der Waals surface area contributed by atoms with E-state index in [1.165, 1.54) is 16.7 Å². The number of likely N-dealkylation sites (tertiary alicyclic amines) is 1. The van der Waals surface area contributed by atoms with Crippen molar-refractivity contribution in [1.29, 1.82) is 0 Å². The number of carboxylic acids is 1. The van der Waals surface area contributed by atoms with Crippen LogP contribution in [0, 0.1) is 0 Å². The third-order valence-electron chi connectivity index (χ3n) is 3.21. The molecule has 0 aliphatic carbocycles. The van der Waals surface area contributed by atoms with Gasteiger partial charge in [-0.15, -0.1) is 11.8 Å². The quantitative estimate of drug-likeness (QED) is 0.749. The van der Waals surface area contributed by atoms with Gasteiger partial charge in [0.15, 0.2) is 0 Å². The zero-order valence-electron chi connectivity index (χ0n) is 9.26. The van der Waals surface area contributed by atoms with Crippen LogP contribution in [0.4, 0.5) is 4.79 Å². The van der Waals surface area contributed by atoms with Crippen molar-refractivity contribution < 1.29 is 14.7 Å². The molecule has 2 aliphatic heterocycles. The van der Waals surface area contributed by atoms with Gasteiger partial charge in [0, 0.05) is 18.3 Å². The van der Waals surface area contributed by atoms with Crippen molar-refractivity contribution in [2.24, 2.45) is 0 Å². The molecule has 2 aliphatic rings. The standard InChI is InChI=1S/C10H16N2O3S/c1-7-3-2-4-11(7)10(15)12-6-16-5-8(12)9(13)14/h7-8H,2-6H2,1H3,(H,13,14). The van der Waals surface area contributed by atoms with Gasteiger partial charge in [-0.25, -0.2) is 9.59 Å². The molecule has 0 saturated carbocycles. The maximum absolute atomic E-state index is 12.1. The molecule has 2 unspecified atom stereocenters. The molecule has 2 fully saturated rings. The lowest BCUT2D eigenvalue weighted by Gasteiger charge is -2.29. The van der Waals surface area contributed by atoms with E-state index in [9.17, 15) is 9.59 Å². The molecule has 16 heavy (non-hydrogen) atoms. The van der Waals surface area contributed by atoms with Crippen molar-refractivity contribution in [3.63, 3.8) is 0 Å². The number of carbonyl (C=O) groups is 2. The summed E-state index contributed by atoms with van der Waals surface area (Å²) in [4.78, 5) is 26.4. The van der Waals surface area contributed by atoms with Gasteiger partial charge >= 0.3 is 12.0 Å². The Hall–Kier alpha value is -0.910. The Morgan fingerprint density at radius 1 is 1.38 bits per heavy atom. The van der Waals surface area contributed by atoms with Crippen molar-refractivity contribution in [1.82, 2.24) is 9.80 Å². The van der Waals surface area contributed by atoms with Crippen LogP contribution in [0.2, 0.25) is 0 Å². The third kappa shape index (κ3) is 1.98. The average Bonchev–Trinajstić information content (AvgIpc) is 2.84. The Morgan fingerprint density at radius 3 is 2.69 bits per heavy atom. The normalized spacial score (nSPS) is 29.8. The molecule has 5 nitrogen and oxygen atoms in total. The van der Waals surface area contributed by atoms with E-state index in [1.807, 2.05) is 6.92 Å². The minimum atomic E-state index is -0.898. The first-order chi connectivity index (χ1) is 7.61. The van der Waals surface area contributed by atoms with Crippen LogP contribution in [-0.2, 0) is 4.79 Å². The van der Waals surface area contributed by atoms with E-state index in [0.29, 0.717) is 11.6 Å². The summed E-state index contributed by atoms with van der Waals surface area (Å²) in [5, 5.41) is 9.02. The maximum Gasteiger partial charge on any atom is 0.327 e. The van der Waals surface area contributed by atoms with Gasteiger partial charge in [0.25, 0.3) is 0 Å². The molecule has 0 aromatic heterocycles. The van der Waals surface area contributed by atoms with Crippen LogP contribution < -0.4 is 0 Å². The highest BCUT2D eigenvalue weighted by molar-refractivity contribution is 7.99. The van der Waals surface area contributed by atoms with E-state index in [0.717, 1.165) is 19.4 Å². The molecule has 2 amide bonds. The largest absolute Gasteiger partial charge is 0.480 e. The number of aliphatic carboxylic acids is 1. The lowest BCUT2D eigenvalue weighted by molar-refractivity contribution is -0.140. The highest BCUT2D eigenvalue weighted by Crippen LogP contribution is 2.25. The van der Waals surface area contributed by atoms with Gasteiger partial charge in [0.05, 0.1) is 5.88 Å². The molecule has 2 heterocycles. The lowest BCUT2D eigenvalue weighted by Crippen LogP contribution is -2.49. The Balaban J connectivity index is 2.06. The van der Waals surface area contributed by atoms with Gasteiger partial charge in [0.1, 0.15) is 6.04 Å². The van der Waals surface area contributed by atoms with Crippen molar-refractivity contribution >= 4 is 23.8 Å². The van der Waals surface area contributed by atoms with E-state index >= 15 is 0 Å². The first-order valence-corrected chi connectivity index (χ1v) is 6.64. The molecule has 0 aromatic carbocycles. The molecule has 0 radical (unpaired) electrons. The van der Waals surface area contributed by atoms with Gasteiger partial charge in [-0.2, -0.15) is 0 Å². The number of hydrogen-bond acceptors (Lipinski definition) is 3. The molecule has 0 spiro atoms. The number of thioether (sulfide) groups is 1. The summed E-state index contributed by atoms with van der Waals surface area (Å²) in [7, 11) is 0. The van der Waals surface area contributed by atoms with Gasteiger partial charge in [-0.3, -0.25) is 0 Å². The van der Waals surface area contributed by atoms with Crippen LogP contribution in [0.5, 0.6) is 0 Å². The smallest absolute Gasteiger partial charge is 0.327 e. The second-order valence-electron chi connectivity index (χ2n) is 4.29. The van der Waals surface area contributed by atoms with Crippen LogP contribution in [0.15, 0.2) is 0 Å². The highest BCUT2D eigenvalue weighted by atomic mass is 32.2. The van der Waals surface area contributed by atoms with E-state index in [-0.39, 0.29) is 12.1 Å². The predicted octanol–water partition coefficient (Wildman–Crippen LogP) is 1.05. The molecular formula is C10H16N2O3S. The van der Waals surface area contributed by atoms with E-state index in [2.05, 4.69) is 0 Å². The topological polar surface area (TPSA) is 60.9 Å². The Bertz CT molecular complexity index is 310. The van der Waals surface area contributed by atoms with Gasteiger partial charge in [-0.1, -0.05) is 0 Å². The summed E-state index contributed by atoms with van der Waals surface area (Å²) < 4.78 is 0. The van der Waals surface area contributed by atoms with E-state index in [4.69, 9.17) is 5.11 Å². The van der Waals surface area contributed by atoms with Gasteiger partial charge in [0.2, 0.25) is 0 Å². The molecule has 2 rings (SSSR count). The number of nitrogens with zero attached hydrogens (tertiary/aromatic N) is 2. The zero-order chi connectivity index (χ0) is 11.7. The van der Waals surface area contributed by atoms with Crippen LogP contribution in [0.1, 0.15) is 19.8 Å². The van der Waals surface area contributed by atoms with Gasteiger partial charge in [-0.05, 0) is 19.8 Å². The lowest BCUT2D eigenvalue weighted by atomic mass is 10.2. The fourth-order valence-electron chi connectivity index (χ4n) is 2.22. The summed E-state index contributed by atoms with van der Waals surface area (Å²) >= 11 is 1.50. The Labute approximate surface area is 98.8 Å². The number of urea groups is 1. The molecule has 1 N–H and O–H groups in total. The number of amides is 2. The van der Waals surface area contributed by atoms with Crippen LogP contribution >= 0.6 is 11.8 Å². The fraction of sp³-hybridized carbons (Fsp3) is 0.800. The molecule has 0 aromatic rings. The number of carboxylic acid groups (broad SMARTS) is 1. The summed E-state index contributed by atoms with van der Waals surface area (Å²) in [6.07, 6.45) is 2.04. The first kappa shape index (κ1) is 11.6. The zero-order valence-corrected chi connectivity index (χ0v) is 10.1. The molecule has 90 valence electrons. The van der Waals surface area contributed by atoms with Gasteiger partial charge < -0.3 is 14.9 Å². The van der Waals surface area contributed by atoms with Crippen molar-refractivity contribution in [3.05, 3.63) is 0 Å². The molecule has 0 bridgehead atoms. The molecule has 2 atom stereocenters. The summed E-state index contributed by atoms with van der Waals surface area (Å²) in [5.41, 5.74) is 0. The average molecular weight is 244 g/mol. The highest BCUT2D eigenvalue weighted by Gasteiger charge is 2.38. The number of rotatable bonds is 1. The van der Waals surface area contributed by atoms with Crippen molar-refractivity contribution in [3.8, 4) is 0 Å². The third-order valence-corrected chi connectivity index (χ3v) is 4.22. The van der Waals surface area contributed by atoms with Crippen LogP contribution in [-0.4, -0.2) is 57.2 Å². The van der Waals surface area contributed by atoms with E-state index in [1.54, 1.807) is 4.90 Å². The van der Waals surface area contributed by atoms with E-state index < -0.39 is 12.0 Å². The fourth-order valence-corrected chi connectivity index (χ4v) is 3.36. The summed E-state index contributed by atoms with van der Waals surface area (Å²) in [6.45, 7) is 2.78. The second kappa shape index (κ2) is 4.53. The molecular weight excluding hydrogens is 228 g/mol. The minimum absolute atomic E-state index is 0.109. The SMILES string of the molecule is CC1CCCN1C(=O)N1CSCC1C(=O)O. The maximum atomic E-state index is 12.1. The molecule has 6 heteroatoms. The summed E-state index contributed by atoms with van der Waals surface area (Å²) in [5.74, 6) is 0.104. The predicted molar refractivity (Wildman–Crippen MR) is 61.4 cm³/mol. The monoisotopic (exact) mass is 244 g/mol. The number of carbonyl (C=O) groups excluding carboxylic acids is 1. The first-order valence-electron chi connectivity index (χ1n) is 5.49. The minimum Gasteiger partial charge on any atom is -0.480 e. The van der Waals surface area contributed by atoms with Crippen LogP contribution in [0.25, 0.3) is 0 Å². The Morgan fingerprint density at radius 2 is 2.12 bits per heavy atom. The second-order valence-corrected chi connectivity index (χ2v) is 5.29. The van der Waals surface area contributed by atoms with Crippen molar-refractivity contribution in [2.75, 3.05) is 18.2 Å². The van der Waals surface area contributed by atoms with Crippen molar-refractivity contribution in [2.45, 2.75) is 31.8 Å². The molecule has 2 saturated heterocycles. The van der Waals surface area contributed by atoms with Crippen LogP contribution in [0.3, 0.4) is 0 Å². The Kier molecular flexibility index (Phi) is 3.28. The summed E-state index contributed by atoms with van der Waals surface area (Å²) in [6, 6.07) is -0.514.